The fourth-order valence-corrected chi connectivity index (χ4v) is 3.33. The van der Waals surface area contributed by atoms with E-state index in [0.717, 1.165) is 10.5 Å². The van der Waals surface area contributed by atoms with E-state index in [1.165, 1.54) is 0 Å². The summed E-state index contributed by atoms with van der Waals surface area (Å²) < 4.78 is 36.0. The van der Waals surface area contributed by atoms with Crippen LogP contribution in [0.1, 0.15) is 30.7 Å². The summed E-state index contributed by atoms with van der Waals surface area (Å²) in [6.45, 7) is 0. The molecular weight excluding hydrogens is 261 g/mol. The van der Waals surface area contributed by atoms with Crippen molar-refractivity contribution in [3.8, 4) is 0 Å². The van der Waals surface area contributed by atoms with Crippen molar-refractivity contribution in [2.75, 3.05) is 5.75 Å². The molecule has 0 N–H and O–H groups in total. The highest BCUT2D eigenvalue weighted by molar-refractivity contribution is 7.99. The fraction of sp³-hybridized carbons (Fsp3) is 0.462. The van der Waals surface area contributed by atoms with Crippen molar-refractivity contribution in [3.63, 3.8) is 0 Å². The first kappa shape index (κ1) is 13.5. The molecule has 18 heavy (non-hydrogen) atoms. The number of carbonyl (C=O) groups excluding carboxylic acids is 1. The second kappa shape index (κ2) is 5.34. The second-order valence-corrected chi connectivity index (χ2v) is 5.40. The number of ketones is 1. The second-order valence-electron chi connectivity index (χ2n) is 4.34. The van der Waals surface area contributed by atoms with Gasteiger partial charge in [0.25, 0.3) is 0 Å². The van der Waals surface area contributed by atoms with Gasteiger partial charge in [-0.1, -0.05) is 18.2 Å². The average Bonchev–Trinajstić information content (AvgIpc) is 2.70. The standard InChI is InChI=1S/C13H13F3OS/c14-13(15,16)7-3-5-11(17)10-8-18-12-6-2-1-4-9(10)12/h1-2,4,6,10H,3,5,7-8H2. The largest absolute Gasteiger partial charge is 0.389 e. The number of thioether (sulfide) groups is 1. The average molecular weight is 274 g/mol. The first-order chi connectivity index (χ1) is 8.47. The molecule has 5 heteroatoms. The highest BCUT2D eigenvalue weighted by Crippen LogP contribution is 2.40. The molecule has 1 aromatic carbocycles. The zero-order chi connectivity index (χ0) is 13.2. The molecule has 0 spiro atoms. The molecule has 1 atom stereocenters. The van der Waals surface area contributed by atoms with Crippen molar-refractivity contribution in [1.29, 1.82) is 0 Å². The Hall–Kier alpha value is -0.970. The van der Waals surface area contributed by atoms with Crippen molar-refractivity contribution in [1.82, 2.24) is 0 Å². The van der Waals surface area contributed by atoms with E-state index in [0.29, 0.717) is 5.75 Å². The summed E-state index contributed by atoms with van der Waals surface area (Å²) in [7, 11) is 0. The first-order valence-corrected chi connectivity index (χ1v) is 6.77. The molecule has 0 bridgehead atoms. The van der Waals surface area contributed by atoms with Crippen LogP contribution in [0.4, 0.5) is 13.2 Å². The van der Waals surface area contributed by atoms with Crippen LogP contribution < -0.4 is 0 Å². The first-order valence-electron chi connectivity index (χ1n) is 5.78. The lowest BCUT2D eigenvalue weighted by atomic mass is 9.94. The lowest BCUT2D eigenvalue weighted by Crippen LogP contribution is -2.14. The predicted molar refractivity (Wildman–Crippen MR) is 64.8 cm³/mol. The van der Waals surface area contributed by atoms with Crippen molar-refractivity contribution in [2.24, 2.45) is 0 Å². The van der Waals surface area contributed by atoms with Gasteiger partial charge in [0.15, 0.2) is 0 Å². The third-order valence-corrected chi connectivity index (χ3v) is 4.15. The molecule has 0 saturated carbocycles. The van der Waals surface area contributed by atoms with Gasteiger partial charge >= 0.3 is 6.18 Å². The summed E-state index contributed by atoms with van der Waals surface area (Å²) in [6.07, 6.45) is -5.13. The highest BCUT2D eigenvalue weighted by Gasteiger charge is 2.30. The normalized spacial score (nSPS) is 18.7. The van der Waals surface area contributed by atoms with Crippen LogP contribution in [-0.2, 0) is 4.79 Å². The molecule has 2 rings (SSSR count). The molecular formula is C13H13F3OS. The van der Waals surface area contributed by atoms with Crippen LogP contribution in [0.2, 0.25) is 0 Å². The molecule has 0 aromatic heterocycles. The Bertz CT molecular complexity index is 442. The smallest absolute Gasteiger partial charge is 0.299 e. The van der Waals surface area contributed by atoms with Crippen LogP contribution in [0.3, 0.4) is 0 Å². The van der Waals surface area contributed by atoms with Gasteiger partial charge in [-0.2, -0.15) is 13.2 Å². The Morgan fingerprint density at radius 2 is 2.06 bits per heavy atom. The van der Waals surface area contributed by atoms with Gasteiger partial charge in [0, 0.05) is 23.5 Å². The van der Waals surface area contributed by atoms with Gasteiger partial charge in [-0.3, -0.25) is 4.79 Å². The maximum absolute atomic E-state index is 12.0. The monoisotopic (exact) mass is 274 g/mol. The van der Waals surface area contributed by atoms with Crippen LogP contribution in [0.15, 0.2) is 29.2 Å². The number of rotatable bonds is 4. The number of hydrogen-bond donors (Lipinski definition) is 0. The van der Waals surface area contributed by atoms with Crippen LogP contribution in [-0.4, -0.2) is 17.7 Å². The highest BCUT2D eigenvalue weighted by atomic mass is 32.2. The summed E-state index contributed by atoms with van der Waals surface area (Å²) in [6, 6.07) is 7.60. The van der Waals surface area contributed by atoms with Gasteiger partial charge in [0.1, 0.15) is 5.78 Å². The number of benzene rings is 1. The molecule has 0 aliphatic carbocycles. The lowest BCUT2D eigenvalue weighted by molar-refractivity contribution is -0.137. The molecule has 1 aromatic rings. The summed E-state index contributed by atoms with van der Waals surface area (Å²) in [5, 5.41) is 0. The Morgan fingerprint density at radius 1 is 1.33 bits per heavy atom. The van der Waals surface area contributed by atoms with E-state index in [9.17, 15) is 18.0 Å². The summed E-state index contributed by atoms with van der Waals surface area (Å²) in [5.41, 5.74) is 0.972. The third kappa shape index (κ3) is 3.28. The van der Waals surface area contributed by atoms with Gasteiger partial charge in [-0.25, -0.2) is 0 Å². The Balaban J connectivity index is 1.92. The number of alkyl halides is 3. The van der Waals surface area contributed by atoms with Crippen molar-refractivity contribution in [3.05, 3.63) is 29.8 Å². The van der Waals surface area contributed by atoms with Crippen molar-refractivity contribution < 1.29 is 18.0 Å². The van der Waals surface area contributed by atoms with Crippen LogP contribution in [0, 0.1) is 0 Å². The number of fused-ring (bicyclic) bond motifs is 1. The SMILES string of the molecule is O=C(CCCC(F)(F)F)C1CSc2ccccc21. The van der Waals surface area contributed by atoms with Gasteiger partial charge in [0.05, 0.1) is 5.92 Å². The Labute approximate surface area is 108 Å². The van der Waals surface area contributed by atoms with Gasteiger partial charge < -0.3 is 0 Å². The fourth-order valence-electron chi connectivity index (χ4n) is 2.07. The minimum atomic E-state index is -4.16. The van der Waals surface area contributed by atoms with Crippen LogP contribution in [0.25, 0.3) is 0 Å². The maximum Gasteiger partial charge on any atom is 0.389 e. The quantitative estimate of drug-likeness (QED) is 0.819. The Morgan fingerprint density at radius 3 is 2.78 bits per heavy atom. The number of halogens is 3. The van der Waals surface area contributed by atoms with Crippen LogP contribution >= 0.6 is 11.8 Å². The molecule has 0 amide bonds. The minimum absolute atomic E-state index is 0.0130. The van der Waals surface area contributed by atoms with E-state index in [1.54, 1.807) is 11.8 Å². The van der Waals surface area contributed by atoms with Crippen molar-refractivity contribution in [2.45, 2.75) is 36.3 Å². The summed E-state index contributed by atoms with van der Waals surface area (Å²) in [4.78, 5) is 13.0. The predicted octanol–water partition coefficient (Wildman–Crippen LogP) is 4.18. The van der Waals surface area contributed by atoms with E-state index in [4.69, 9.17) is 0 Å². The van der Waals surface area contributed by atoms with E-state index in [1.807, 2.05) is 24.3 Å². The van der Waals surface area contributed by atoms with Gasteiger partial charge in [-0.05, 0) is 18.1 Å². The van der Waals surface area contributed by atoms with E-state index >= 15 is 0 Å². The molecule has 0 radical (unpaired) electrons. The van der Waals surface area contributed by atoms with E-state index in [2.05, 4.69) is 0 Å². The number of hydrogen-bond acceptors (Lipinski definition) is 2. The molecule has 0 fully saturated rings. The minimum Gasteiger partial charge on any atom is -0.299 e. The number of Topliss-reactive ketones (excluding diaryl/α,β-unsaturated/α-hetero) is 1. The molecule has 1 heterocycles. The molecule has 1 aliphatic rings. The Kier molecular flexibility index (Phi) is 4.00. The van der Waals surface area contributed by atoms with Crippen LogP contribution in [0.5, 0.6) is 0 Å². The topological polar surface area (TPSA) is 17.1 Å². The van der Waals surface area contributed by atoms with Crippen molar-refractivity contribution >= 4 is 17.5 Å². The molecule has 1 unspecified atom stereocenters. The van der Waals surface area contributed by atoms with Gasteiger partial charge in [-0.15, -0.1) is 11.8 Å². The molecule has 1 aliphatic heterocycles. The third-order valence-electron chi connectivity index (χ3n) is 2.97. The van der Waals surface area contributed by atoms with Gasteiger partial charge in [0.2, 0.25) is 0 Å². The summed E-state index contributed by atoms with van der Waals surface area (Å²) >= 11 is 1.60. The zero-order valence-corrected chi connectivity index (χ0v) is 10.5. The molecule has 0 saturated heterocycles. The summed E-state index contributed by atoms with van der Waals surface area (Å²) in [5.74, 6) is 0.362. The number of carbonyl (C=O) groups is 1. The maximum atomic E-state index is 12.0. The van der Waals surface area contributed by atoms with E-state index in [-0.39, 0.29) is 24.5 Å². The van der Waals surface area contributed by atoms with E-state index < -0.39 is 12.6 Å². The molecule has 98 valence electrons. The molecule has 1 nitrogen and oxygen atoms in total. The zero-order valence-electron chi connectivity index (χ0n) is 9.67. The lowest BCUT2D eigenvalue weighted by Gasteiger charge is -2.10.